The predicted molar refractivity (Wildman–Crippen MR) is 67.7 cm³/mol. The molecule has 0 spiro atoms. The van der Waals surface area contributed by atoms with E-state index in [1.165, 1.54) is 12.1 Å². The topological polar surface area (TPSA) is 40.5 Å². The zero-order valence-corrected chi connectivity index (χ0v) is 9.39. The fourth-order valence-electron chi connectivity index (χ4n) is 2.14. The van der Waals surface area contributed by atoms with Crippen molar-refractivity contribution in [1.29, 1.82) is 0 Å². The highest BCUT2D eigenvalue weighted by Crippen LogP contribution is 2.26. The van der Waals surface area contributed by atoms with Crippen molar-refractivity contribution in [2.75, 3.05) is 18.0 Å². The van der Waals surface area contributed by atoms with E-state index in [0.717, 1.165) is 23.9 Å². The first-order valence-corrected chi connectivity index (χ1v) is 5.76. The van der Waals surface area contributed by atoms with Crippen LogP contribution in [0, 0.1) is 0 Å². The zero-order valence-electron chi connectivity index (χ0n) is 9.39. The van der Waals surface area contributed by atoms with Gasteiger partial charge in [0.15, 0.2) is 0 Å². The van der Waals surface area contributed by atoms with Crippen LogP contribution >= 0.6 is 0 Å². The van der Waals surface area contributed by atoms with Crippen molar-refractivity contribution in [3.8, 4) is 0 Å². The van der Waals surface area contributed by atoms with Crippen LogP contribution in [0.5, 0.6) is 0 Å². The smallest absolute Gasteiger partial charge is 0.335 e. The predicted octanol–water partition coefficient (Wildman–Crippen LogP) is 2.75. The molecule has 0 aromatic heterocycles. The van der Waals surface area contributed by atoms with Gasteiger partial charge in [-0.3, -0.25) is 0 Å². The highest BCUT2D eigenvalue weighted by Gasteiger charge is 2.14. The van der Waals surface area contributed by atoms with Gasteiger partial charge in [-0.1, -0.05) is 12.1 Å². The Balaban J connectivity index is 2.05. The van der Waals surface area contributed by atoms with Crippen molar-refractivity contribution in [2.24, 2.45) is 0 Å². The molecule has 0 aliphatic carbocycles. The SMILES string of the molecule is O=C(O)c1ccc2cc(N3CCC3)ccc2c1. The summed E-state index contributed by atoms with van der Waals surface area (Å²) in [7, 11) is 0. The molecule has 3 rings (SSSR count). The quantitative estimate of drug-likeness (QED) is 0.857. The number of fused-ring (bicyclic) bond motifs is 1. The second-order valence-electron chi connectivity index (χ2n) is 4.39. The first-order valence-electron chi connectivity index (χ1n) is 5.76. The number of carboxylic acid groups (broad SMARTS) is 1. The molecule has 1 fully saturated rings. The van der Waals surface area contributed by atoms with E-state index >= 15 is 0 Å². The van der Waals surface area contributed by atoms with Crippen molar-refractivity contribution in [2.45, 2.75) is 6.42 Å². The van der Waals surface area contributed by atoms with Crippen LogP contribution in [0.15, 0.2) is 36.4 Å². The van der Waals surface area contributed by atoms with Crippen LogP contribution in [0.25, 0.3) is 10.8 Å². The molecule has 1 saturated heterocycles. The van der Waals surface area contributed by atoms with Gasteiger partial charge in [0.25, 0.3) is 0 Å². The molecule has 0 amide bonds. The van der Waals surface area contributed by atoms with E-state index in [2.05, 4.69) is 17.0 Å². The van der Waals surface area contributed by atoms with Crippen LogP contribution in [0.2, 0.25) is 0 Å². The molecule has 0 unspecified atom stereocenters. The minimum atomic E-state index is -0.876. The molecule has 0 bridgehead atoms. The van der Waals surface area contributed by atoms with E-state index in [-0.39, 0.29) is 0 Å². The summed E-state index contributed by atoms with van der Waals surface area (Å²) in [5.41, 5.74) is 1.57. The number of hydrogen-bond acceptors (Lipinski definition) is 2. The molecular formula is C14H13NO2. The van der Waals surface area contributed by atoms with Crippen LogP contribution in [0.4, 0.5) is 5.69 Å². The Hall–Kier alpha value is -2.03. The third-order valence-corrected chi connectivity index (χ3v) is 3.29. The van der Waals surface area contributed by atoms with Crippen LogP contribution in [0.3, 0.4) is 0 Å². The van der Waals surface area contributed by atoms with Crippen molar-refractivity contribution in [3.05, 3.63) is 42.0 Å². The number of aromatic carboxylic acids is 1. The molecule has 1 heterocycles. The Morgan fingerprint density at radius 2 is 1.76 bits per heavy atom. The first-order chi connectivity index (χ1) is 8.24. The van der Waals surface area contributed by atoms with Gasteiger partial charge in [-0.2, -0.15) is 0 Å². The van der Waals surface area contributed by atoms with Gasteiger partial charge in [-0.15, -0.1) is 0 Å². The summed E-state index contributed by atoms with van der Waals surface area (Å²) < 4.78 is 0. The maximum atomic E-state index is 10.9. The number of hydrogen-bond donors (Lipinski definition) is 1. The van der Waals surface area contributed by atoms with Crippen molar-refractivity contribution in [1.82, 2.24) is 0 Å². The fraction of sp³-hybridized carbons (Fsp3) is 0.214. The second kappa shape index (κ2) is 3.77. The number of rotatable bonds is 2. The van der Waals surface area contributed by atoms with Gasteiger partial charge in [0, 0.05) is 18.8 Å². The molecule has 0 atom stereocenters. The van der Waals surface area contributed by atoms with Crippen LogP contribution in [-0.4, -0.2) is 24.2 Å². The van der Waals surface area contributed by atoms with Gasteiger partial charge in [0.1, 0.15) is 0 Å². The van der Waals surface area contributed by atoms with Crippen LogP contribution in [-0.2, 0) is 0 Å². The Bertz CT molecular complexity index is 588. The lowest BCUT2D eigenvalue weighted by molar-refractivity contribution is 0.0697. The molecule has 86 valence electrons. The van der Waals surface area contributed by atoms with Crippen molar-refractivity contribution in [3.63, 3.8) is 0 Å². The largest absolute Gasteiger partial charge is 0.478 e. The maximum absolute atomic E-state index is 10.9. The summed E-state index contributed by atoms with van der Waals surface area (Å²) in [6.45, 7) is 2.25. The summed E-state index contributed by atoms with van der Waals surface area (Å²) >= 11 is 0. The highest BCUT2D eigenvalue weighted by molar-refractivity contribution is 5.95. The van der Waals surface area contributed by atoms with Gasteiger partial charge >= 0.3 is 5.97 Å². The molecule has 2 aromatic carbocycles. The average Bonchev–Trinajstić information content (AvgIpc) is 2.26. The second-order valence-corrected chi connectivity index (χ2v) is 4.39. The summed E-state index contributed by atoms with van der Waals surface area (Å²) in [5, 5.41) is 11.0. The Labute approximate surface area is 99.3 Å². The van der Waals surface area contributed by atoms with E-state index in [9.17, 15) is 4.79 Å². The molecule has 2 aromatic rings. The third kappa shape index (κ3) is 1.73. The van der Waals surface area contributed by atoms with Gasteiger partial charge in [0.2, 0.25) is 0 Å². The van der Waals surface area contributed by atoms with Crippen molar-refractivity contribution >= 4 is 22.4 Å². The molecule has 1 aliphatic rings. The van der Waals surface area contributed by atoms with E-state index in [4.69, 9.17) is 5.11 Å². The molecule has 1 aliphatic heterocycles. The Kier molecular flexibility index (Phi) is 2.25. The summed E-state index contributed by atoms with van der Waals surface area (Å²) in [6, 6.07) is 11.4. The van der Waals surface area contributed by atoms with E-state index in [0.29, 0.717) is 5.56 Å². The lowest BCUT2D eigenvalue weighted by atomic mass is 10.0. The number of nitrogens with zero attached hydrogens (tertiary/aromatic N) is 1. The van der Waals surface area contributed by atoms with Gasteiger partial charge < -0.3 is 10.0 Å². The van der Waals surface area contributed by atoms with E-state index in [1.807, 2.05) is 12.1 Å². The molecule has 0 saturated carbocycles. The van der Waals surface area contributed by atoms with Gasteiger partial charge in [-0.25, -0.2) is 4.79 Å². The summed E-state index contributed by atoms with van der Waals surface area (Å²) in [5.74, 6) is -0.876. The third-order valence-electron chi connectivity index (χ3n) is 3.29. The fourth-order valence-corrected chi connectivity index (χ4v) is 2.14. The summed E-state index contributed by atoms with van der Waals surface area (Å²) in [4.78, 5) is 13.2. The summed E-state index contributed by atoms with van der Waals surface area (Å²) in [6.07, 6.45) is 1.26. The molecule has 1 N–H and O–H groups in total. The first kappa shape index (κ1) is 10.1. The minimum absolute atomic E-state index is 0.342. The van der Waals surface area contributed by atoms with Gasteiger partial charge in [-0.05, 0) is 41.5 Å². The lowest BCUT2D eigenvalue weighted by Crippen LogP contribution is -2.36. The number of benzene rings is 2. The maximum Gasteiger partial charge on any atom is 0.335 e. The van der Waals surface area contributed by atoms with E-state index < -0.39 is 5.97 Å². The molecule has 0 radical (unpaired) electrons. The highest BCUT2D eigenvalue weighted by atomic mass is 16.4. The van der Waals surface area contributed by atoms with Gasteiger partial charge in [0.05, 0.1) is 5.56 Å². The lowest BCUT2D eigenvalue weighted by Gasteiger charge is -2.33. The number of anilines is 1. The van der Waals surface area contributed by atoms with Crippen molar-refractivity contribution < 1.29 is 9.90 Å². The number of carboxylic acids is 1. The number of carbonyl (C=O) groups is 1. The molecule has 17 heavy (non-hydrogen) atoms. The Morgan fingerprint density at radius 1 is 1.06 bits per heavy atom. The molecule has 3 nitrogen and oxygen atoms in total. The van der Waals surface area contributed by atoms with E-state index in [1.54, 1.807) is 12.1 Å². The zero-order chi connectivity index (χ0) is 11.8. The molecule has 3 heteroatoms. The molecular weight excluding hydrogens is 214 g/mol. The Morgan fingerprint density at radius 3 is 2.41 bits per heavy atom. The monoisotopic (exact) mass is 227 g/mol. The van der Waals surface area contributed by atoms with Crippen LogP contribution < -0.4 is 4.90 Å². The average molecular weight is 227 g/mol. The standard InChI is InChI=1S/C14H13NO2/c16-14(17)12-3-2-11-9-13(15-6-1-7-15)5-4-10(11)8-12/h2-5,8-9H,1,6-7H2,(H,16,17). The normalized spacial score (nSPS) is 14.7. The van der Waals surface area contributed by atoms with Crippen LogP contribution in [0.1, 0.15) is 16.8 Å². The minimum Gasteiger partial charge on any atom is -0.478 e.